The zero-order chi connectivity index (χ0) is 14.5. The summed E-state index contributed by atoms with van der Waals surface area (Å²) in [5, 5.41) is 5.11. The molecule has 0 atom stereocenters. The van der Waals surface area contributed by atoms with Crippen LogP contribution in [0.5, 0.6) is 0 Å². The van der Waals surface area contributed by atoms with Gasteiger partial charge in [0.1, 0.15) is 0 Å². The van der Waals surface area contributed by atoms with Crippen LogP contribution in [-0.2, 0) is 10.0 Å². The maximum atomic E-state index is 12.2. The van der Waals surface area contributed by atoms with Gasteiger partial charge < -0.3 is 4.90 Å². The van der Waals surface area contributed by atoms with Crippen molar-refractivity contribution >= 4 is 15.9 Å². The number of carbonyl (C=O) groups is 1. The van der Waals surface area contributed by atoms with E-state index in [4.69, 9.17) is 5.14 Å². The number of rotatable bonds is 6. The van der Waals surface area contributed by atoms with Crippen molar-refractivity contribution in [3.8, 4) is 0 Å². The number of unbranched alkanes of at least 4 members (excludes halogenated alkanes) is 1. The van der Waals surface area contributed by atoms with Crippen molar-refractivity contribution < 1.29 is 13.2 Å². The van der Waals surface area contributed by atoms with Crippen LogP contribution >= 0.6 is 0 Å². The number of primary sulfonamides is 1. The summed E-state index contributed by atoms with van der Waals surface area (Å²) in [6, 6.07) is 5.94. The molecule has 0 aromatic heterocycles. The third-order valence-electron chi connectivity index (χ3n) is 2.67. The van der Waals surface area contributed by atoms with E-state index in [0.29, 0.717) is 6.54 Å². The molecule has 19 heavy (non-hydrogen) atoms. The zero-order valence-electron chi connectivity index (χ0n) is 10.9. The van der Waals surface area contributed by atoms with Crippen LogP contribution in [0, 0.1) is 0 Å². The molecule has 0 bridgehead atoms. The van der Waals surface area contributed by atoms with E-state index in [1.165, 1.54) is 23.1 Å². The Morgan fingerprint density at radius 2 is 2.05 bits per heavy atom. The molecular formula is C13H18N2O3S. The van der Waals surface area contributed by atoms with Gasteiger partial charge in [0.2, 0.25) is 10.0 Å². The molecule has 1 aromatic rings. The zero-order valence-corrected chi connectivity index (χ0v) is 11.7. The van der Waals surface area contributed by atoms with Crippen LogP contribution in [0.1, 0.15) is 23.2 Å². The highest BCUT2D eigenvalue weighted by Gasteiger charge is 2.20. The van der Waals surface area contributed by atoms with E-state index in [0.717, 1.165) is 12.8 Å². The van der Waals surface area contributed by atoms with Gasteiger partial charge in [-0.25, -0.2) is 13.6 Å². The lowest BCUT2D eigenvalue weighted by Crippen LogP contribution is -2.29. The number of benzene rings is 1. The van der Waals surface area contributed by atoms with Crippen molar-refractivity contribution in [3.63, 3.8) is 0 Å². The number of nitrogens with zero attached hydrogens (tertiary/aromatic N) is 1. The van der Waals surface area contributed by atoms with Crippen LogP contribution in [0.3, 0.4) is 0 Å². The monoisotopic (exact) mass is 282 g/mol. The second kappa shape index (κ2) is 6.49. The highest BCUT2D eigenvalue weighted by atomic mass is 32.2. The Kier molecular flexibility index (Phi) is 5.26. The topological polar surface area (TPSA) is 80.5 Å². The summed E-state index contributed by atoms with van der Waals surface area (Å²) >= 11 is 0. The Morgan fingerprint density at radius 1 is 1.42 bits per heavy atom. The van der Waals surface area contributed by atoms with E-state index < -0.39 is 10.0 Å². The van der Waals surface area contributed by atoms with Crippen LogP contribution in [0.4, 0.5) is 0 Å². The lowest BCUT2D eigenvalue weighted by Gasteiger charge is -2.18. The maximum absolute atomic E-state index is 12.2. The Labute approximate surface area is 113 Å². The predicted octanol–water partition coefficient (Wildman–Crippen LogP) is 1.37. The third kappa shape index (κ3) is 4.18. The Bertz CT molecular complexity index is 567. The first-order valence-corrected chi connectivity index (χ1v) is 7.40. The van der Waals surface area contributed by atoms with E-state index >= 15 is 0 Å². The number of hydrogen-bond acceptors (Lipinski definition) is 3. The fourth-order valence-electron chi connectivity index (χ4n) is 1.67. The standard InChI is InChI=1S/C13H18N2O3S/c1-3-4-7-10-15(2)13(16)11-8-5-6-9-12(11)19(14,17)18/h3,5-6,8-9H,1,4,7,10H2,2H3,(H2,14,17,18). The van der Waals surface area contributed by atoms with Crippen molar-refractivity contribution in [2.24, 2.45) is 5.14 Å². The van der Waals surface area contributed by atoms with Gasteiger partial charge in [-0.1, -0.05) is 18.2 Å². The van der Waals surface area contributed by atoms with Gasteiger partial charge in [-0.05, 0) is 25.0 Å². The predicted molar refractivity (Wildman–Crippen MR) is 74.2 cm³/mol. The van der Waals surface area contributed by atoms with Gasteiger partial charge in [0.25, 0.3) is 5.91 Å². The molecule has 0 unspecified atom stereocenters. The number of sulfonamides is 1. The van der Waals surface area contributed by atoms with Crippen LogP contribution in [0.2, 0.25) is 0 Å². The molecule has 0 aliphatic rings. The molecule has 2 N–H and O–H groups in total. The summed E-state index contributed by atoms with van der Waals surface area (Å²) in [4.78, 5) is 13.5. The first-order valence-electron chi connectivity index (χ1n) is 5.86. The molecule has 0 aliphatic carbocycles. The molecular weight excluding hydrogens is 264 g/mol. The molecule has 0 spiro atoms. The molecule has 0 saturated heterocycles. The smallest absolute Gasteiger partial charge is 0.254 e. The van der Waals surface area contributed by atoms with Gasteiger partial charge in [-0.2, -0.15) is 0 Å². The van der Waals surface area contributed by atoms with Gasteiger partial charge in [0.05, 0.1) is 10.5 Å². The third-order valence-corrected chi connectivity index (χ3v) is 3.64. The average molecular weight is 282 g/mol. The van der Waals surface area contributed by atoms with Gasteiger partial charge in [0.15, 0.2) is 0 Å². The quantitative estimate of drug-likeness (QED) is 0.632. The average Bonchev–Trinajstić information content (AvgIpc) is 2.37. The minimum absolute atomic E-state index is 0.103. The van der Waals surface area contributed by atoms with Crippen LogP contribution in [0.25, 0.3) is 0 Å². The number of carbonyl (C=O) groups excluding carboxylic acids is 1. The van der Waals surface area contributed by atoms with Gasteiger partial charge in [-0.15, -0.1) is 6.58 Å². The van der Waals surface area contributed by atoms with Gasteiger partial charge in [-0.3, -0.25) is 4.79 Å². The van der Waals surface area contributed by atoms with Crippen LogP contribution in [0.15, 0.2) is 41.8 Å². The molecule has 0 radical (unpaired) electrons. The Hall–Kier alpha value is -1.66. The second-order valence-corrected chi connectivity index (χ2v) is 5.73. The molecule has 0 saturated carbocycles. The molecule has 6 heteroatoms. The molecule has 0 aliphatic heterocycles. The highest BCUT2D eigenvalue weighted by molar-refractivity contribution is 7.89. The largest absolute Gasteiger partial charge is 0.342 e. The normalized spacial score (nSPS) is 11.1. The molecule has 0 fully saturated rings. The minimum atomic E-state index is -3.90. The molecule has 1 aromatic carbocycles. The minimum Gasteiger partial charge on any atom is -0.342 e. The summed E-state index contributed by atoms with van der Waals surface area (Å²) in [5.41, 5.74) is 0.103. The summed E-state index contributed by atoms with van der Waals surface area (Å²) in [5.74, 6) is -0.353. The van der Waals surface area contributed by atoms with E-state index in [9.17, 15) is 13.2 Å². The fraction of sp³-hybridized carbons (Fsp3) is 0.308. The lowest BCUT2D eigenvalue weighted by molar-refractivity contribution is 0.0790. The number of allylic oxidation sites excluding steroid dienone is 1. The Morgan fingerprint density at radius 3 is 2.63 bits per heavy atom. The van der Waals surface area contributed by atoms with E-state index in [1.807, 2.05) is 0 Å². The molecule has 1 rings (SSSR count). The molecule has 1 amide bonds. The highest BCUT2D eigenvalue weighted by Crippen LogP contribution is 2.15. The van der Waals surface area contributed by atoms with E-state index in [2.05, 4.69) is 6.58 Å². The number of nitrogens with two attached hydrogens (primary N) is 1. The van der Waals surface area contributed by atoms with E-state index in [1.54, 1.807) is 19.2 Å². The van der Waals surface area contributed by atoms with Crippen LogP contribution in [-0.4, -0.2) is 32.8 Å². The van der Waals surface area contributed by atoms with Crippen molar-refractivity contribution in [3.05, 3.63) is 42.5 Å². The molecule has 5 nitrogen and oxygen atoms in total. The van der Waals surface area contributed by atoms with Crippen molar-refractivity contribution in [2.45, 2.75) is 17.7 Å². The fourth-order valence-corrected chi connectivity index (χ4v) is 2.40. The van der Waals surface area contributed by atoms with Crippen molar-refractivity contribution in [2.75, 3.05) is 13.6 Å². The van der Waals surface area contributed by atoms with Gasteiger partial charge >= 0.3 is 0 Å². The number of hydrogen-bond donors (Lipinski definition) is 1. The SMILES string of the molecule is C=CCCCN(C)C(=O)c1ccccc1S(N)(=O)=O. The second-order valence-electron chi connectivity index (χ2n) is 4.20. The Balaban J connectivity index is 2.97. The van der Waals surface area contributed by atoms with Crippen molar-refractivity contribution in [1.29, 1.82) is 0 Å². The van der Waals surface area contributed by atoms with Crippen molar-refractivity contribution in [1.82, 2.24) is 4.90 Å². The van der Waals surface area contributed by atoms with E-state index in [-0.39, 0.29) is 16.4 Å². The summed E-state index contributed by atoms with van der Waals surface area (Å²) in [7, 11) is -2.27. The summed E-state index contributed by atoms with van der Waals surface area (Å²) in [6.07, 6.45) is 3.36. The molecule has 104 valence electrons. The first-order chi connectivity index (χ1) is 8.88. The van der Waals surface area contributed by atoms with Crippen LogP contribution < -0.4 is 5.14 Å². The van der Waals surface area contributed by atoms with Gasteiger partial charge in [0, 0.05) is 13.6 Å². The first kappa shape index (κ1) is 15.4. The maximum Gasteiger partial charge on any atom is 0.254 e. The lowest BCUT2D eigenvalue weighted by atomic mass is 10.2. The molecule has 0 heterocycles. The summed E-state index contributed by atoms with van der Waals surface area (Å²) < 4.78 is 22.9. The number of amides is 1. The summed E-state index contributed by atoms with van der Waals surface area (Å²) in [6.45, 7) is 4.14.